The van der Waals surface area contributed by atoms with Crippen molar-refractivity contribution >= 4 is 11.6 Å². The largest absolute Gasteiger partial charge is 0.368 e. The number of alkyl halides is 2. The van der Waals surface area contributed by atoms with Crippen LogP contribution in [0.2, 0.25) is 0 Å². The first-order chi connectivity index (χ1) is 4.58. The molecule has 0 amide bonds. The molecule has 0 aromatic carbocycles. The van der Waals surface area contributed by atoms with Crippen LogP contribution in [0.25, 0.3) is 0 Å². The highest BCUT2D eigenvalue weighted by Gasteiger charge is 2.58. The van der Waals surface area contributed by atoms with E-state index in [1.807, 2.05) is 0 Å². The van der Waals surface area contributed by atoms with Crippen LogP contribution >= 0.6 is 11.6 Å². The van der Waals surface area contributed by atoms with Crippen molar-refractivity contribution in [3.05, 3.63) is 0 Å². The lowest BCUT2D eigenvalue weighted by Crippen LogP contribution is -2.17. The zero-order valence-corrected chi connectivity index (χ0v) is 6.44. The minimum Gasteiger partial charge on any atom is -0.368 e. The predicted octanol–water partition coefficient (Wildman–Crippen LogP) is 1.27. The standard InChI is InChI=1S/C6H10ClFO2/c1-2-10-5(9)4-3-6(4,7)8/h4-5,9H,2-3H2,1H3. The quantitative estimate of drug-likeness (QED) is 0.508. The molecule has 0 aromatic rings. The Morgan fingerprint density at radius 1 is 2.00 bits per heavy atom. The molecule has 0 saturated heterocycles. The normalized spacial score (nSPS) is 41.4. The number of hydrogen-bond acceptors (Lipinski definition) is 2. The van der Waals surface area contributed by atoms with Crippen LogP contribution in [0, 0.1) is 5.92 Å². The third-order valence-electron chi connectivity index (χ3n) is 1.56. The van der Waals surface area contributed by atoms with Gasteiger partial charge in [-0.25, -0.2) is 4.39 Å². The summed E-state index contributed by atoms with van der Waals surface area (Å²) in [5.74, 6) is -0.533. The average molecular weight is 169 g/mol. The van der Waals surface area contributed by atoms with Gasteiger partial charge in [-0.3, -0.25) is 0 Å². The van der Waals surface area contributed by atoms with Crippen molar-refractivity contribution in [3.8, 4) is 0 Å². The molecule has 0 aliphatic heterocycles. The molecule has 0 radical (unpaired) electrons. The second-order valence-corrected chi connectivity index (χ2v) is 3.05. The number of halogens is 2. The SMILES string of the molecule is CCOC(O)C1CC1(F)Cl. The highest BCUT2D eigenvalue weighted by Crippen LogP contribution is 2.52. The first-order valence-electron chi connectivity index (χ1n) is 3.25. The van der Waals surface area contributed by atoms with Gasteiger partial charge in [0, 0.05) is 13.0 Å². The van der Waals surface area contributed by atoms with E-state index in [1.54, 1.807) is 6.92 Å². The first-order valence-corrected chi connectivity index (χ1v) is 3.63. The molecule has 1 saturated carbocycles. The van der Waals surface area contributed by atoms with E-state index in [0.717, 1.165) is 0 Å². The minimum absolute atomic E-state index is 0.190. The molecular weight excluding hydrogens is 159 g/mol. The van der Waals surface area contributed by atoms with Crippen LogP contribution in [-0.4, -0.2) is 23.1 Å². The number of hydrogen-bond donors (Lipinski definition) is 1. The van der Waals surface area contributed by atoms with Crippen molar-refractivity contribution < 1.29 is 14.2 Å². The molecule has 1 fully saturated rings. The van der Waals surface area contributed by atoms with Crippen LogP contribution in [0.5, 0.6) is 0 Å². The van der Waals surface area contributed by atoms with E-state index in [1.165, 1.54) is 0 Å². The van der Waals surface area contributed by atoms with E-state index in [2.05, 4.69) is 0 Å². The van der Waals surface area contributed by atoms with Crippen molar-refractivity contribution in [1.29, 1.82) is 0 Å². The van der Waals surface area contributed by atoms with Crippen LogP contribution in [-0.2, 0) is 4.74 Å². The maximum absolute atomic E-state index is 12.6. The van der Waals surface area contributed by atoms with Crippen molar-refractivity contribution in [2.75, 3.05) is 6.61 Å². The highest BCUT2D eigenvalue weighted by molar-refractivity contribution is 6.25. The van der Waals surface area contributed by atoms with E-state index in [-0.39, 0.29) is 6.42 Å². The summed E-state index contributed by atoms with van der Waals surface area (Å²) in [6, 6.07) is 0. The fourth-order valence-electron chi connectivity index (χ4n) is 0.831. The number of rotatable bonds is 3. The Balaban J connectivity index is 2.25. The Hall–Kier alpha value is 0.140. The number of aliphatic hydroxyl groups is 1. The van der Waals surface area contributed by atoms with Crippen LogP contribution < -0.4 is 0 Å². The van der Waals surface area contributed by atoms with Crippen molar-refractivity contribution in [2.45, 2.75) is 24.8 Å². The minimum atomic E-state index is -1.71. The Kier molecular flexibility index (Phi) is 2.18. The maximum atomic E-state index is 12.6. The molecule has 1 N–H and O–H groups in total. The second-order valence-electron chi connectivity index (χ2n) is 2.42. The Morgan fingerprint density at radius 2 is 2.50 bits per heavy atom. The first kappa shape index (κ1) is 8.24. The summed E-state index contributed by atoms with van der Waals surface area (Å²) < 4.78 is 17.3. The van der Waals surface area contributed by atoms with Gasteiger partial charge in [0.1, 0.15) is 0 Å². The molecule has 0 heterocycles. The molecule has 3 unspecified atom stereocenters. The van der Waals surface area contributed by atoms with Crippen molar-refractivity contribution in [2.24, 2.45) is 5.92 Å². The Morgan fingerprint density at radius 3 is 2.80 bits per heavy atom. The molecule has 3 atom stereocenters. The van der Waals surface area contributed by atoms with Crippen molar-refractivity contribution in [1.82, 2.24) is 0 Å². The van der Waals surface area contributed by atoms with Gasteiger partial charge in [-0.15, -0.1) is 0 Å². The monoisotopic (exact) mass is 168 g/mol. The van der Waals surface area contributed by atoms with E-state index in [0.29, 0.717) is 6.61 Å². The lowest BCUT2D eigenvalue weighted by atomic mass is 10.4. The molecule has 60 valence electrons. The van der Waals surface area contributed by atoms with E-state index in [9.17, 15) is 4.39 Å². The summed E-state index contributed by atoms with van der Waals surface area (Å²) in [5, 5.41) is 7.26. The summed E-state index contributed by atoms with van der Waals surface area (Å²) in [6.07, 6.45) is -0.845. The zero-order valence-electron chi connectivity index (χ0n) is 5.68. The summed E-state index contributed by atoms with van der Waals surface area (Å²) in [4.78, 5) is 0. The third-order valence-corrected chi connectivity index (χ3v) is 1.99. The summed E-state index contributed by atoms with van der Waals surface area (Å²) in [5.41, 5.74) is 0. The summed E-state index contributed by atoms with van der Waals surface area (Å²) >= 11 is 5.23. The lowest BCUT2D eigenvalue weighted by molar-refractivity contribution is -0.113. The number of ether oxygens (including phenoxy) is 1. The zero-order chi connectivity index (χ0) is 7.78. The van der Waals surface area contributed by atoms with Gasteiger partial charge in [0.25, 0.3) is 0 Å². The van der Waals surface area contributed by atoms with Crippen LogP contribution in [0.15, 0.2) is 0 Å². The lowest BCUT2D eigenvalue weighted by Gasteiger charge is -2.08. The maximum Gasteiger partial charge on any atom is 0.192 e. The molecule has 1 aliphatic carbocycles. The Bertz CT molecular complexity index is 129. The van der Waals surface area contributed by atoms with Gasteiger partial charge in [0.05, 0.1) is 5.92 Å². The molecule has 0 bridgehead atoms. The smallest absolute Gasteiger partial charge is 0.192 e. The van der Waals surface area contributed by atoms with E-state index in [4.69, 9.17) is 21.4 Å². The van der Waals surface area contributed by atoms with Gasteiger partial charge in [0.2, 0.25) is 0 Å². The molecular formula is C6H10ClFO2. The fourth-order valence-corrected chi connectivity index (χ4v) is 1.10. The molecule has 4 heteroatoms. The average Bonchev–Trinajstić information content (AvgIpc) is 2.41. The molecule has 1 aliphatic rings. The van der Waals surface area contributed by atoms with Crippen molar-refractivity contribution in [3.63, 3.8) is 0 Å². The van der Waals surface area contributed by atoms with E-state index >= 15 is 0 Å². The van der Waals surface area contributed by atoms with Gasteiger partial charge >= 0.3 is 0 Å². The van der Waals surface area contributed by atoms with Gasteiger partial charge in [-0.1, -0.05) is 11.6 Å². The third kappa shape index (κ3) is 1.59. The fraction of sp³-hybridized carbons (Fsp3) is 1.00. The second kappa shape index (κ2) is 2.64. The molecule has 0 aromatic heterocycles. The van der Waals surface area contributed by atoms with Gasteiger partial charge in [0.15, 0.2) is 11.4 Å². The van der Waals surface area contributed by atoms with Crippen LogP contribution in [0.4, 0.5) is 4.39 Å². The van der Waals surface area contributed by atoms with Gasteiger partial charge < -0.3 is 9.84 Å². The molecule has 1 rings (SSSR count). The van der Waals surface area contributed by atoms with E-state index < -0.39 is 17.3 Å². The van der Waals surface area contributed by atoms with Gasteiger partial charge in [-0.2, -0.15) is 0 Å². The van der Waals surface area contributed by atoms with Gasteiger partial charge in [-0.05, 0) is 6.92 Å². The number of aliphatic hydroxyl groups excluding tert-OH is 1. The van der Waals surface area contributed by atoms with Crippen LogP contribution in [0.3, 0.4) is 0 Å². The predicted molar refractivity (Wildman–Crippen MR) is 35.4 cm³/mol. The van der Waals surface area contributed by atoms with Crippen LogP contribution in [0.1, 0.15) is 13.3 Å². The molecule has 2 nitrogen and oxygen atoms in total. The molecule has 0 spiro atoms. The summed E-state index contributed by atoms with van der Waals surface area (Å²) in [6.45, 7) is 2.12. The highest BCUT2D eigenvalue weighted by atomic mass is 35.5. The topological polar surface area (TPSA) is 29.5 Å². The Labute approximate surface area is 63.9 Å². The molecule has 10 heavy (non-hydrogen) atoms. The summed E-state index contributed by atoms with van der Waals surface area (Å²) in [7, 11) is 0.